The minimum atomic E-state index is -0.132. The van der Waals surface area contributed by atoms with Crippen LogP contribution in [0.3, 0.4) is 0 Å². The highest BCUT2D eigenvalue weighted by atomic mass is 16.2. The molecule has 6 heteroatoms. The molecular formula is C19H27N3O3. The zero-order chi connectivity index (χ0) is 18.2. The summed E-state index contributed by atoms with van der Waals surface area (Å²) in [5.74, 6) is -0.221. The molecule has 1 aromatic rings. The summed E-state index contributed by atoms with van der Waals surface area (Å²) in [6, 6.07) is 6.90. The third-order valence-electron chi connectivity index (χ3n) is 4.37. The summed E-state index contributed by atoms with van der Waals surface area (Å²) in [5, 5.41) is 5.68. The van der Waals surface area contributed by atoms with Crippen LogP contribution in [0, 0.1) is 5.92 Å². The summed E-state index contributed by atoms with van der Waals surface area (Å²) >= 11 is 0. The Hall–Kier alpha value is -2.37. The number of benzene rings is 1. The number of carbonyl (C=O) groups excluding carboxylic acids is 3. The molecule has 1 saturated heterocycles. The van der Waals surface area contributed by atoms with Crippen molar-refractivity contribution in [1.29, 1.82) is 0 Å². The van der Waals surface area contributed by atoms with E-state index in [0.29, 0.717) is 37.3 Å². The highest BCUT2D eigenvalue weighted by Gasteiger charge is 2.28. The lowest BCUT2D eigenvalue weighted by atomic mass is 9.96. The van der Waals surface area contributed by atoms with E-state index in [4.69, 9.17) is 0 Å². The molecule has 1 aliphatic rings. The molecule has 25 heavy (non-hydrogen) atoms. The Bertz CT molecular complexity index is 613. The van der Waals surface area contributed by atoms with Gasteiger partial charge in [0.15, 0.2) is 0 Å². The second-order valence-corrected chi connectivity index (χ2v) is 6.36. The summed E-state index contributed by atoms with van der Waals surface area (Å²) in [6.45, 7) is 5.61. The second kappa shape index (κ2) is 9.20. The quantitative estimate of drug-likeness (QED) is 0.831. The highest BCUT2D eigenvalue weighted by Crippen LogP contribution is 2.20. The van der Waals surface area contributed by atoms with E-state index in [-0.39, 0.29) is 23.6 Å². The van der Waals surface area contributed by atoms with Gasteiger partial charge in [-0.2, -0.15) is 0 Å². The monoisotopic (exact) mass is 345 g/mol. The van der Waals surface area contributed by atoms with Crippen molar-refractivity contribution in [3.8, 4) is 0 Å². The molecule has 1 heterocycles. The van der Waals surface area contributed by atoms with Crippen molar-refractivity contribution in [3.63, 3.8) is 0 Å². The van der Waals surface area contributed by atoms with Gasteiger partial charge in [-0.1, -0.05) is 13.8 Å². The molecule has 2 rings (SSSR count). The van der Waals surface area contributed by atoms with E-state index in [1.54, 1.807) is 36.1 Å². The van der Waals surface area contributed by atoms with Crippen molar-refractivity contribution in [1.82, 2.24) is 10.2 Å². The summed E-state index contributed by atoms with van der Waals surface area (Å²) in [7, 11) is 0. The number of nitrogens with one attached hydrogen (secondary N) is 2. The van der Waals surface area contributed by atoms with Gasteiger partial charge >= 0.3 is 0 Å². The molecule has 0 aliphatic carbocycles. The smallest absolute Gasteiger partial charge is 0.253 e. The lowest BCUT2D eigenvalue weighted by molar-refractivity contribution is -0.126. The molecular weight excluding hydrogens is 318 g/mol. The van der Waals surface area contributed by atoms with Crippen LogP contribution in [0.25, 0.3) is 0 Å². The van der Waals surface area contributed by atoms with E-state index in [9.17, 15) is 14.4 Å². The number of amides is 3. The van der Waals surface area contributed by atoms with E-state index < -0.39 is 0 Å². The molecule has 0 aromatic heterocycles. The average Bonchev–Trinajstić information content (AvgIpc) is 2.66. The fourth-order valence-corrected chi connectivity index (χ4v) is 2.90. The van der Waals surface area contributed by atoms with Crippen LogP contribution in [0.1, 0.15) is 49.9 Å². The second-order valence-electron chi connectivity index (χ2n) is 6.36. The normalized spacial score (nSPS) is 17.0. The van der Waals surface area contributed by atoms with Crippen molar-refractivity contribution in [3.05, 3.63) is 29.8 Å². The van der Waals surface area contributed by atoms with E-state index in [1.807, 2.05) is 6.92 Å². The lowest BCUT2D eigenvalue weighted by Crippen LogP contribution is -2.45. The van der Waals surface area contributed by atoms with Crippen LogP contribution in [0.2, 0.25) is 0 Å². The SMILES string of the molecule is CCCNC(=O)C1CCCN(C(=O)c2ccc(NC(=O)CC)cc2)C1. The number of hydrogen-bond donors (Lipinski definition) is 2. The van der Waals surface area contributed by atoms with Crippen LogP contribution in [-0.4, -0.2) is 42.3 Å². The van der Waals surface area contributed by atoms with Crippen LogP contribution < -0.4 is 10.6 Å². The van der Waals surface area contributed by atoms with Gasteiger partial charge in [0.05, 0.1) is 5.92 Å². The molecule has 1 unspecified atom stereocenters. The molecule has 0 bridgehead atoms. The first-order chi connectivity index (χ1) is 12.0. The topological polar surface area (TPSA) is 78.5 Å². The third-order valence-corrected chi connectivity index (χ3v) is 4.37. The molecule has 0 radical (unpaired) electrons. The molecule has 1 aliphatic heterocycles. The van der Waals surface area contributed by atoms with Crippen LogP contribution in [0.5, 0.6) is 0 Å². The Kier molecular flexibility index (Phi) is 6.98. The summed E-state index contributed by atoms with van der Waals surface area (Å²) in [6.07, 6.45) is 2.97. The van der Waals surface area contributed by atoms with Crippen molar-refractivity contribution in [2.45, 2.75) is 39.5 Å². The molecule has 1 aromatic carbocycles. The standard InChI is InChI=1S/C19H27N3O3/c1-3-11-20-18(24)15-6-5-12-22(13-15)19(25)14-7-9-16(10-8-14)21-17(23)4-2/h7-10,15H,3-6,11-13H2,1-2H3,(H,20,24)(H,21,23). The van der Waals surface area contributed by atoms with Gasteiger partial charge in [0.1, 0.15) is 0 Å². The maximum Gasteiger partial charge on any atom is 0.253 e. The van der Waals surface area contributed by atoms with Gasteiger partial charge < -0.3 is 15.5 Å². The molecule has 3 amide bonds. The van der Waals surface area contributed by atoms with Gasteiger partial charge in [0.25, 0.3) is 5.91 Å². The number of hydrogen-bond acceptors (Lipinski definition) is 3. The van der Waals surface area contributed by atoms with E-state index in [1.165, 1.54) is 0 Å². The minimum absolute atomic E-state index is 0.0389. The number of carbonyl (C=O) groups is 3. The molecule has 0 spiro atoms. The predicted octanol–water partition coefficient (Wildman–Crippen LogP) is 2.41. The van der Waals surface area contributed by atoms with E-state index >= 15 is 0 Å². The number of rotatable bonds is 6. The van der Waals surface area contributed by atoms with Crippen LogP contribution in [0.15, 0.2) is 24.3 Å². The van der Waals surface area contributed by atoms with Gasteiger partial charge in [-0.15, -0.1) is 0 Å². The number of likely N-dealkylation sites (tertiary alicyclic amines) is 1. The van der Waals surface area contributed by atoms with Crippen molar-refractivity contribution >= 4 is 23.4 Å². The van der Waals surface area contributed by atoms with Crippen LogP contribution >= 0.6 is 0 Å². The summed E-state index contributed by atoms with van der Waals surface area (Å²) < 4.78 is 0. The van der Waals surface area contributed by atoms with Crippen molar-refractivity contribution in [2.24, 2.45) is 5.92 Å². The van der Waals surface area contributed by atoms with E-state index in [2.05, 4.69) is 10.6 Å². The third kappa shape index (κ3) is 5.31. The average molecular weight is 345 g/mol. The fourth-order valence-electron chi connectivity index (χ4n) is 2.90. The molecule has 2 N–H and O–H groups in total. The Morgan fingerprint density at radius 1 is 1.16 bits per heavy atom. The summed E-state index contributed by atoms with van der Waals surface area (Å²) in [4.78, 5) is 38.0. The molecule has 1 atom stereocenters. The van der Waals surface area contributed by atoms with Gasteiger partial charge in [0.2, 0.25) is 11.8 Å². The Balaban J connectivity index is 1.97. The first-order valence-electron chi connectivity index (χ1n) is 9.02. The Morgan fingerprint density at radius 3 is 2.52 bits per heavy atom. The van der Waals surface area contributed by atoms with Gasteiger partial charge in [-0.3, -0.25) is 14.4 Å². The molecule has 1 fully saturated rings. The van der Waals surface area contributed by atoms with Crippen molar-refractivity contribution < 1.29 is 14.4 Å². The number of piperidine rings is 1. The largest absolute Gasteiger partial charge is 0.356 e. The first kappa shape index (κ1) is 19.0. The minimum Gasteiger partial charge on any atom is -0.356 e. The Labute approximate surface area is 149 Å². The first-order valence-corrected chi connectivity index (χ1v) is 9.02. The predicted molar refractivity (Wildman–Crippen MR) is 97.3 cm³/mol. The maximum absolute atomic E-state index is 12.7. The van der Waals surface area contributed by atoms with Gasteiger partial charge in [-0.05, 0) is 43.5 Å². The molecule has 0 saturated carbocycles. The zero-order valence-corrected chi connectivity index (χ0v) is 15.0. The lowest BCUT2D eigenvalue weighted by Gasteiger charge is -2.32. The van der Waals surface area contributed by atoms with Gasteiger partial charge in [0, 0.05) is 37.3 Å². The summed E-state index contributed by atoms with van der Waals surface area (Å²) in [5.41, 5.74) is 1.25. The zero-order valence-electron chi connectivity index (χ0n) is 15.0. The number of anilines is 1. The highest BCUT2D eigenvalue weighted by molar-refractivity contribution is 5.96. The molecule has 6 nitrogen and oxygen atoms in total. The van der Waals surface area contributed by atoms with Crippen molar-refractivity contribution in [2.75, 3.05) is 25.0 Å². The molecule has 136 valence electrons. The number of nitrogens with zero attached hydrogens (tertiary/aromatic N) is 1. The van der Waals surface area contributed by atoms with Crippen LogP contribution in [-0.2, 0) is 9.59 Å². The Morgan fingerprint density at radius 2 is 1.88 bits per heavy atom. The van der Waals surface area contributed by atoms with Crippen LogP contribution in [0.4, 0.5) is 5.69 Å². The fraction of sp³-hybridized carbons (Fsp3) is 0.526. The van der Waals surface area contributed by atoms with Gasteiger partial charge in [-0.25, -0.2) is 0 Å². The maximum atomic E-state index is 12.7. The van der Waals surface area contributed by atoms with E-state index in [0.717, 1.165) is 19.3 Å².